The van der Waals surface area contributed by atoms with Gasteiger partial charge in [-0.15, -0.1) is 0 Å². The molecule has 5 heteroatoms. The number of hydrogen-bond acceptors (Lipinski definition) is 4. The van der Waals surface area contributed by atoms with Gasteiger partial charge in [0, 0.05) is 11.9 Å². The molecule has 2 aromatic rings. The normalized spacial score (nSPS) is 11.1. The lowest BCUT2D eigenvalue weighted by Crippen LogP contribution is -2.20. The summed E-state index contributed by atoms with van der Waals surface area (Å²) in [5.74, 6) is -0.338. The van der Waals surface area contributed by atoms with Gasteiger partial charge in [-0.2, -0.15) is 5.10 Å². The number of pyridine rings is 1. The SMILES string of the molecule is C/C(=N\NC(=O)c1ccccn1)c1ccc(N)cc1. The van der Waals surface area contributed by atoms with Crippen molar-refractivity contribution in [2.24, 2.45) is 5.10 Å². The van der Waals surface area contributed by atoms with Crippen molar-refractivity contribution in [3.05, 3.63) is 59.9 Å². The highest BCUT2D eigenvalue weighted by atomic mass is 16.2. The van der Waals surface area contributed by atoms with Gasteiger partial charge >= 0.3 is 0 Å². The number of aromatic nitrogens is 1. The molecule has 0 fully saturated rings. The molecule has 0 spiro atoms. The van der Waals surface area contributed by atoms with Crippen molar-refractivity contribution in [3.63, 3.8) is 0 Å². The van der Waals surface area contributed by atoms with Gasteiger partial charge in [0.1, 0.15) is 5.69 Å². The third kappa shape index (κ3) is 3.38. The Bertz CT molecular complexity index is 591. The van der Waals surface area contributed by atoms with Crippen molar-refractivity contribution in [3.8, 4) is 0 Å². The van der Waals surface area contributed by atoms with E-state index in [-0.39, 0.29) is 5.91 Å². The lowest BCUT2D eigenvalue weighted by atomic mass is 10.1. The molecule has 96 valence electrons. The summed E-state index contributed by atoms with van der Waals surface area (Å²) >= 11 is 0. The van der Waals surface area contributed by atoms with Gasteiger partial charge in [0.15, 0.2) is 0 Å². The van der Waals surface area contributed by atoms with Crippen LogP contribution in [-0.2, 0) is 0 Å². The average Bonchev–Trinajstić information content (AvgIpc) is 2.46. The van der Waals surface area contributed by atoms with Gasteiger partial charge in [-0.25, -0.2) is 5.43 Å². The number of nitrogens with two attached hydrogens (primary N) is 1. The molecule has 0 aliphatic heterocycles. The van der Waals surface area contributed by atoms with Crippen molar-refractivity contribution in [1.29, 1.82) is 0 Å². The maximum atomic E-state index is 11.7. The smallest absolute Gasteiger partial charge is 0.289 e. The second-order valence-electron chi connectivity index (χ2n) is 3.98. The molecule has 0 saturated carbocycles. The van der Waals surface area contributed by atoms with E-state index in [9.17, 15) is 4.79 Å². The van der Waals surface area contributed by atoms with Crippen molar-refractivity contribution in [1.82, 2.24) is 10.4 Å². The number of nitrogens with zero attached hydrogens (tertiary/aromatic N) is 2. The minimum absolute atomic E-state index is 0.330. The molecule has 1 aromatic heterocycles. The molecule has 0 bridgehead atoms. The Morgan fingerprint density at radius 3 is 2.58 bits per heavy atom. The zero-order valence-electron chi connectivity index (χ0n) is 10.5. The number of carbonyl (C=O) groups is 1. The fourth-order valence-electron chi connectivity index (χ4n) is 1.48. The van der Waals surface area contributed by atoms with Crippen LogP contribution in [0, 0.1) is 0 Å². The first-order valence-electron chi connectivity index (χ1n) is 5.78. The molecule has 0 aliphatic rings. The van der Waals surface area contributed by atoms with E-state index in [1.807, 2.05) is 19.1 Å². The van der Waals surface area contributed by atoms with Gasteiger partial charge in [-0.3, -0.25) is 9.78 Å². The van der Waals surface area contributed by atoms with Crippen LogP contribution in [0.2, 0.25) is 0 Å². The molecule has 2 rings (SSSR count). The van der Waals surface area contributed by atoms with E-state index in [0.29, 0.717) is 17.1 Å². The third-order valence-corrected chi connectivity index (χ3v) is 2.55. The molecule has 1 heterocycles. The molecule has 1 amide bonds. The number of carbonyl (C=O) groups excluding carboxylic acids is 1. The Labute approximate surface area is 111 Å². The third-order valence-electron chi connectivity index (χ3n) is 2.55. The number of rotatable bonds is 3. The van der Waals surface area contributed by atoms with Crippen LogP contribution in [0.5, 0.6) is 0 Å². The standard InChI is InChI=1S/C14H14N4O/c1-10(11-5-7-12(15)8-6-11)17-18-14(19)13-4-2-3-9-16-13/h2-9H,15H2,1H3,(H,18,19)/b17-10+. The fraction of sp³-hybridized carbons (Fsp3) is 0.0714. The Balaban J connectivity index is 2.06. The topological polar surface area (TPSA) is 80.4 Å². The summed E-state index contributed by atoms with van der Waals surface area (Å²) in [6.07, 6.45) is 1.56. The predicted molar refractivity (Wildman–Crippen MR) is 74.8 cm³/mol. The summed E-state index contributed by atoms with van der Waals surface area (Å²) in [7, 11) is 0. The van der Waals surface area contributed by atoms with E-state index in [2.05, 4.69) is 15.5 Å². The van der Waals surface area contributed by atoms with Crippen LogP contribution in [0.3, 0.4) is 0 Å². The number of hydrogen-bond donors (Lipinski definition) is 2. The van der Waals surface area contributed by atoms with E-state index < -0.39 is 0 Å². The van der Waals surface area contributed by atoms with Crippen molar-refractivity contribution in [2.75, 3.05) is 5.73 Å². The highest BCUT2D eigenvalue weighted by Gasteiger charge is 2.05. The molecule has 3 N–H and O–H groups in total. The minimum atomic E-state index is -0.338. The number of nitrogens with one attached hydrogen (secondary N) is 1. The quantitative estimate of drug-likeness (QED) is 0.498. The van der Waals surface area contributed by atoms with Gasteiger partial charge in [0.05, 0.1) is 5.71 Å². The van der Waals surface area contributed by atoms with Gasteiger partial charge in [0.25, 0.3) is 5.91 Å². The fourth-order valence-corrected chi connectivity index (χ4v) is 1.48. The van der Waals surface area contributed by atoms with Crippen LogP contribution >= 0.6 is 0 Å². The Morgan fingerprint density at radius 2 is 1.95 bits per heavy atom. The minimum Gasteiger partial charge on any atom is -0.399 e. The molecule has 19 heavy (non-hydrogen) atoms. The van der Waals surface area contributed by atoms with E-state index in [4.69, 9.17) is 5.73 Å². The summed E-state index contributed by atoms with van der Waals surface area (Å²) in [5.41, 5.74) is 10.7. The second kappa shape index (κ2) is 5.77. The first kappa shape index (κ1) is 12.8. The van der Waals surface area contributed by atoms with Crippen molar-refractivity contribution < 1.29 is 4.79 Å². The Hall–Kier alpha value is -2.69. The lowest BCUT2D eigenvalue weighted by molar-refractivity contribution is 0.0950. The summed E-state index contributed by atoms with van der Waals surface area (Å²) in [5, 5.41) is 4.04. The van der Waals surface area contributed by atoms with Crippen LogP contribution in [0.15, 0.2) is 53.8 Å². The van der Waals surface area contributed by atoms with Crippen LogP contribution in [0.1, 0.15) is 23.0 Å². The highest BCUT2D eigenvalue weighted by molar-refractivity contribution is 6.00. The van der Waals surface area contributed by atoms with E-state index in [1.54, 1.807) is 36.5 Å². The van der Waals surface area contributed by atoms with Gasteiger partial charge in [-0.05, 0) is 36.8 Å². The molecule has 0 saturated heterocycles. The van der Waals surface area contributed by atoms with E-state index in [0.717, 1.165) is 5.56 Å². The van der Waals surface area contributed by atoms with Crippen molar-refractivity contribution >= 4 is 17.3 Å². The van der Waals surface area contributed by atoms with Crippen LogP contribution in [0.4, 0.5) is 5.69 Å². The first-order chi connectivity index (χ1) is 9.16. The molecule has 0 radical (unpaired) electrons. The summed E-state index contributed by atoms with van der Waals surface area (Å²) in [6, 6.07) is 12.4. The maximum absolute atomic E-state index is 11.7. The summed E-state index contributed by atoms with van der Waals surface area (Å²) in [6.45, 7) is 1.81. The maximum Gasteiger partial charge on any atom is 0.289 e. The van der Waals surface area contributed by atoms with Gasteiger partial charge in [0.2, 0.25) is 0 Å². The second-order valence-corrected chi connectivity index (χ2v) is 3.98. The lowest BCUT2D eigenvalue weighted by Gasteiger charge is -2.03. The predicted octanol–water partition coefficient (Wildman–Crippen LogP) is 1.82. The zero-order chi connectivity index (χ0) is 13.7. The molecular weight excluding hydrogens is 240 g/mol. The number of benzene rings is 1. The molecule has 0 atom stereocenters. The zero-order valence-corrected chi connectivity index (χ0v) is 10.5. The van der Waals surface area contributed by atoms with Crippen LogP contribution in [-0.4, -0.2) is 16.6 Å². The number of anilines is 1. The number of amides is 1. The largest absolute Gasteiger partial charge is 0.399 e. The monoisotopic (exact) mass is 254 g/mol. The molecule has 0 aliphatic carbocycles. The Kier molecular flexibility index (Phi) is 3.87. The summed E-state index contributed by atoms with van der Waals surface area (Å²) < 4.78 is 0. The van der Waals surface area contributed by atoms with E-state index >= 15 is 0 Å². The Morgan fingerprint density at radius 1 is 1.21 bits per heavy atom. The molecule has 0 unspecified atom stereocenters. The van der Waals surface area contributed by atoms with Crippen LogP contribution in [0.25, 0.3) is 0 Å². The highest BCUT2D eigenvalue weighted by Crippen LogP contribution is 2.06. The van der Waals surface area contributed by atoms with E-state index in [1.165, 1.54) is 0 Å². The molecule has 5 nitrogen and oxygen atoms in total. The summed E-state index contributed by atoms with van der Waals surface area (Å²) in [4.78, 5) is 15.7. The first-order valence-corrected chi connectivity index (χ1v) is 5.78. The van der Waals surface area contributed by atoms with Gasteiger partial charge in [-0.1, -0.05) is 18.2 Å². The van der Waals surface area contributed by atoms with Crippen molar-refractivity contribution in [2.45, 2.75) is 6.92 Å². The molecule has 1 aromatic carbocycles. The van der Waals surface area contributed by atoms with Gasteiger partial charge < -0.3 is 5.73 Å². The number of hydrazone groups is 1. The molecular formula is C14H14N4O. The number of nitrogen functional groups attached to an aromatic ring is 1. The van der Waals surface area contributed by atoms with Crippen LogP contribution < -0.4 is 11.2 Å². The average molecular weight is 254 g/mol.